The average molecular weight is 288 g/mol. The van der Waals surface area contributed by atoms with Crippen LogP contribution in [0.5, 0.6) is 5.75 Å². The van der Waals surface area contributed by atoms with Gasteiger partial charge in [-0.3, -0.25) is 4.79 Å². The van der Waals surface area contributed by atoms with Crippen LogP contribution in [0.3, 0.4) is 0 Å². The minimum absolute atomic E-state index is 0.0694. The van der Waals surface area contributed by atoms with Crippen molar-refractivity contribution in [2.75, 3.05) is 7.11 Å². The Hall–Kier alpha value is -1.69. The van der Waals surface area contributed by atoms with E-state index in [1.807, 2.05) is 6.92 Å². The van der Waals surface area contributed by atoms with Crippen molar-refractivity contribution >= 4 is 5.97 Å². The van der Waals surface area contributed by atoms with Gasteiger partial charge in [0, 0.05) is 13.3 Å². The molecule has 6 heteroatoms. The lowest BCUT2D eigenvalue weighted by atomic mass is 10.3. The fourth-order valence-electron chi connectivity index (χ4n) is 1.68. The lowest BCUT2D eigenvalue weighted by Gasteiger charge is -2.09. The van der Waals surface area contributed by atoms with E-state index in [0.29, 0.717) is 0 Å². The molecule has 2 atom stereocenters. The molecule has 1 fully saturated rings. The maximum atomic E-state index is 12.5. The second kappa shape index (κ2) is 7.79. The van der Waals surface area contributed by atoms with Crippen LogP contribution < -0.4 is 4.74 Å². The lowest BCUT2D eigenvalue weighted by molar-refractivity contribution is -0.171. The minimum atomic E-state index is -0.940. The molecule has 2 rings (SSSR count). The van der Waals surface area contributed by atoms with Gasteiger partial charge in [-0.05, 0) is 25.5 Å². The molecule has 20 heavy (non-hydrogen) atoms. The van der Waals surface area contributed by atoms with Crippen molar-refractivity contribution in [3.8, 4) is 5.75 Å². The first-order valence-electron chi connectivity index (χ1n) is 6.24. The number of methoxy groups -OCH3 is 1. The first kappa shape index (κ1) is 16.4. The molecule has 0 bridgehead atoms. The molecule has 0 aromatic heterocycles. The highest BCUT2D eigenvalue weighted by Gasteiger charge is 2.23. The normalized spacial score (nSPS) is 20.9. The minimum Gasteiger partial charge on any atom is -0.494 e. The van der Waals surface area contributed by atoms with Crippen LogP contribution in [-0.2, 0) is 14.3 Å². The predicted octanol–water partition coefficient (Wildman–Crippen LogP) is 3.05. The fourth-order valence-corrected chi connectivity index (χ4v) is 1.68. The Bertz CT molecular complexity index is 451. The van der Waals surface area contributed by atoms with Gasteiger partial charge in [0.15, 0.2) is 11.6 Å². The predicted molar refractivity (Wildman–Crippen MR) is 68.2 cm³/mol. The molecule has 1 aromatic carbocycles. The van der Waals surface area contributed by atoms with Gasteiger partial charge in [-0.15, -0.1) is 0 Å². The van der Waals surface area contributed by atoms with Gasteiger partial charge in [-0.25, -0.2) is 4.39 Å². The van der Waals surface area contributed by atoms with E-state index in [4.69, 9.17) is 9.47 Å². The number of rotatable bonds is 2. The summed E-state index contributed by atoms with van der Waals surface area (Å²) in [6, 6.07) is 3.79. The summed E-state index contributed by atoms with van der Waals surface area (Å²) in [6.07, 6.45) is 1.77. The van der Waals surface area contributed by atoms with Gasteiger partial charge in [0.05, 0.1) is 13.2 Å². The summed E-state index contributed by atoms with van der Waals surface area (Å²) in [6.45, 7) is 3.37. The summed E-state index contributed by atoms with van der Waals surface area (Å²) in [4.78, 5) is 10.4. The number of hydrogen-bond acceptors (Lipinski definition) is 4. The van der Waals surface area contributed by atoms with E-state index in [-0.39, 0.29) is 24.1 Å². The molecule has 0 amide bonds. The Balaban J connectivity index is 0.000000200. The van der Waals surface area contributed by atoms with Crippen molar-refractivity contribution in [3.63, 3.8) is 0 Å². The molecule has 0 aliphatic carbocycles. The van der Waals surface area contributed by atoms with E-state index in [0.717, 1.165) is 18.9 Å². The van der Waals surface area contributed by atoms with E-state index < -0.39 is 11.6 Å². The maximum Gasteiger partial charge on any atom is 0.304 e. The maximum absolute atomic E-state index is 12.5. The molecule has 0 radical (unpaired) electrons. The Morgan fingerprint density at radius 2 is 2.05 bits per heavy atom. The summed E-state index contributed by atoms with van der Waals surface area (Å²) in [5, 5.41) is 0. The van der Waals surface area contributed by atoms with Crippen LogP contribution in [0.2, 0.25) is 0 Å². The smallest absolute Gasteiger partial charge is 0.304 e. The fraction of sp³-hybridized carbons (Fsp3) is 0.500. The van der Waals surface area contributed by atoms with Gasteiger partial charge in [-0.2, -0.15) is 4.39 Å². The van der Waals surface area contributed by atoms with E-state index in [1.54, 1.807) is 0 Å². The molecule has 1 aliphatic heterocycles. The van der Waals surface area contributed by atoms with Crippen LogP contribution in [-0.4, -0.2) is 25.5 Å². The summed E-state index contributed by atoms with van der Waals surface area (Å²) in [5.74, 6) is -2.16. The summed E-state index contributed by atoms with van der Waals surface area (Å²) in [5.41, 5.74) is 0. The first-order chi connectivity index (χ1) is 9.43. The van der Waals surface area contributed by atoms with Crippen LogP contribution in [0.25, 0.3) is 0 Å². The number of halogens is 2. The van der Waals surface area contributed by atoms with Gasteiger partial charge in [0.1, 0.15) is 0 Å². The van der Waals surface area contributed by atoms with Crippen LogP contribution in [0.4, 0.5) is 8.78 Å². The van der Waals surface area contributed by atoms with Crippen LogP contribution in [0.15, 0.2) is 18.2 Å². The van der Waals surface area contributed by atoms with Gasteiger partial charge in [0.25, 0.3) is 0 Å². The Morgan fingerprint density at radius 3 is 2.50 bits per heavy atom. The number of carbonyl (C=O) groups is 1. The Kier molecular flexibility index (Phi) is 6.38. The third kappa shape index (κ3) is 5.13. The third-order valence-electron chi connectivity index (χ3n) is 2.63. The number of ether oxygens (including phenoxy) is 3. The Morgan fingerprint density at radius 1 is 1.35 bits per heavy atom. The van der Waals surface area contributed by atoms with Gasteiger partial charge >= 0.3 is 5.97 Å². The van der Waals surface area contributed by atoms with E-state index in [9.17, 15) is 13.6 Å². The van der Waals surface area contributed by atoms with E-state index >= 15 is 0 Å². The van der Waals surface area contributed by atoms with Crippen molar-refractivity contribution in [2.24, 2.45) is 0 Å². The highest BCUT2D eigenvalue weighted by Crippen LogP contribution is 2.19. The zero-order valence-electron chi connectivity index (χ0n) is 11.7. The molecule has 0 saturated carbocycles. The molecule has 1 aliphatic rings. The van der Waals surface area contributed by atoms with Crippen molar-refractivity contribution in [1.29, 1.82) is 0 Å². The molecule has 0 N–H and O–H groups in total. The molecular formula is C14H18F2O4. The molecule has 1 aromatic rings. The lowest BCUT2D eigenvalue weighted by Crippen LogP contribution is -2.15. The van der Waals surface area contributed by atoms with E-state index in [2.05, 4.69) is 4.74 Å². The first-order valence-corrected chi connectivity index (χ1v) is 6.24. The SMILES string of the molecule is CC(=O)OC1CC[C@@H](C)O1.COc1cccc(F)c1F. The quantitative estimate of drug-likeness (QED) is 0.785. The molecule has 4 nitrogen and oxygen atoms in total. The number of benzene rings is 1. The second-order valence-electron chi connectivity index (χ2n) is 4.32. The van der Waals surface area contributed by atoms with Crippen LogP contribution in [0.1, 0.15) is 26.7 Å². The number of carbonyl (C=O) groups excluding carboxylic acids is 1. The van der Waals surface area contributed by atoms with Crippen molar-refractivity contribution in [1.82, 2.24) is 0 Å². The van der Waals surface area contributed by atoms with Gasteiger partial charge < -0.3 is 14.2 Å². The number of esters is 1. The zero-order chi connectivity index (χ0) is 15.1. The topological polar surface area (TPSA) is 44.8 Å². The van der Waals surface area contributed by atoms with Crippen LogP contribution >= 0.6 is 0 Å². The van der Waals surface area contributed by atoms with Crippen LogP contribution in [0, 0.1) is 11.6 Å². The molecule has 1 saturated heterocycles. The summed E-state index contributed by atoms with van der Waals surface area (Å²) in [7, 11) is 1.29. The highest BCUT2D eigenvalue weighted by atomic mass is 19.2. The summed E-state index contributed by atoms with van der Waals surface area (Å²) >= 11 is 0. The molecular weight excluding hydrogens is 270 g/mol. The van der Waals surface area contributed by atoms with Crippen molar-refractivity contribution in [2.45, 2.75) is 39.1 Å². The third-order valence-corrected chi connectivity index (χ3v) is 2.63. The molecule has 0 spiro atoms. The largest absolute Gasteiger partial charge is 0.494 e. The van der Waals surface area contributed by atoms with E-state index in [1.165, 1.54) is 26.2 Å². The standard InChI is InChI=1S/C7H6F2O.C7H12O3/c1-10-6-4-2-3-5(8)7(6)9;1-5-3-4-7(9-5)10-6(2)8/h2-4H,1H3;5,7H,3-4H2,1-2H3/t;5-,7?/m.1/s1. The number of hydrogen-bond donors (Lipinski definition) is 0. The molecule has 1 unspecified atom stereocenters. The highest BCUT2D eigenvalue weighted by molar-refractivity contribution is 5.66. The Labute approximate surface area is 116 Å². The monoisotopic (exact) mass is 288 g/mol. The zero-order valence-corrected chi connectivity index (χ0v) is 11.7. The van der Waals surface area contributed by atoms with Crippen molar-refractivity contribution < 1.29 is 27.8 Å². The van der Waals surface area contributed by atoms with Gasteiger partial charge in [0.2, 0.25) is 12.1 Å². The average Bonchev–Trinajstić information content (AvgIpc) is 2.78. The van der Waals surface area contributed by atoms with Gasteiger partial charge in [-0.1, -0.05) is 6.07 Å². The summed E-state index contributed by atoms with van der Waals surface area (Å²) < 4.78 is 39.4. The van der Waals surface area contributed by atoms with Crippen molar-refractivity contribution in [3.05, 3.63) is 29.8 Å². The second-order valence-corrected chi connectivity index (χ2v) is 4.32. The molecule has 1 heterocycles. The molecule has 112 valence electrons.